The van der Waals surface area contributed by atoms with Crippen molar-refractivity contribution in [3.8, 4) is 0 Å². The Morgan fingerprint density at radius 2 is 1.90 bits per heavy atom. The van der Waals surface area contributed by atoms with Gasteiger partial charge in [0.2, 0.25) is 9.84 Å². The Morgan fingerprint density at radius 3 is 2.65 bits per heavy atom. The summed E-state index contributed by atoms with van der Waals surface area (Å²) in [5.74, 6) is 0. The van der Waals surface area contributed by atoms with Crippen LogP contribution in [0.4, 0.5) is 5.69 Å². The predicted molar refractivity (Wildman–Crippen MR) is 75.5 cm³/mol. The van der Waals surface area contributed by atoms with Crippen molar-refractivity contribution >= 4 is 21.6 Å². The van der Waals surface area contributed by atoms with Crippen LogP contribution in [-0.4, -0.2) is 18.5 Å². The van der Waals surface area contributed by atoms with E-state index in [1.54, 1.807) is 42.7 Å². The number of fused-ring (bicyclic) bond motifs is 1. The lowest BCUT2D eigenvalue weighted by molar-refractivity contribution is 0.208. The van der Waals surface area contributed by atoms with Gasteiger partial charge in [0.25, 0.3) is 0 Å². The lowest BCUT2D eigenvalue weighted by Crippen LogP contribution is -2.10. The van der Waals surface area contributed by atoms with Gasteiger partial charge >= 0.3 is 0 Å². The maximum Gasteiger partial charge on any atom is 0.200 e. The summed E-state index contributed by atoms with van der Waals surface area (Å²) in [5.41, 5.74) is 1.86. The van der Waals surface area contributed by atoms with E-state index in [0.717, 1.165) is 0 Å². The zero-order valence-corrected chi connectivity index (χ0v) is 11.2. The minimum Gasteiger partial charge on any atom is -0.369 e. The van der Waals surface area contributed by atoms with Crippen molar-refractivity contribution in [1.82, 2.24) is 4.98 Å². The molecule has 102 valence electrons. The molecule has 0 saturated heterocycles. The fourth-order valence-electron chi connectivity index (χ4n) is 2.03. The number of benzene rings is 1. The standard InChI is InChI=1S/C14H12N2O3S/c17-14(11-3-6-15-7-4-11)16-12-2-1-10-5-8-20(18,19)13(10)9-12/h1-9,14,16-17H. The van der Waals surface area contributed by atoms with Gasteiger partial charge in [0.1, 0.15) is 0 Å². The molecule has 5 nitrogen and oxygen atoms in total. The molecule has 0 amide bonds. The average Bonchev–Trinajstić information content (AvgIpc) is 2.75. The van der Waals surface area contributed by atoms with E-state index >= 15 is 0 Å². The van der Waals surface area contributed by atoms with Crippen LogP contribution in [0.5, 0.6) is 0 Å². The molecule has 1 aliphatic heterocycles. The van der Waals surface area contributed by atoms with Crippen LogP contribution in [0.1, 0.15) is 17.4 Å². The van der Waals surface area contributed by atoms with Gasteiger partial charge in [-0.2, -0.15) is 0 Å². The van der Waals surface area contributed by atoms with E-state index in [0.29, 0.717) is 16.8 Å². The molecule has 6 heteroatoms. The number of hydrogen-bond acceptors (Lipinski definition) is 5. The number of aliphatic hydroxyl groups is 1. The molecule has 0 saturated carbocycles. The number of rotatable bonds is 3. The molecular formula is C14H12N2O3S. The summed E-state index contributed by atoms with van der Waals surface area (Å²) in [7, 11) is -3.34. The molecule has 2 heterocycles. The van der Waals surface area contributed by atoms with Crippen LogP contribution >= 0.6 is 0 Å². The van der Waals surface area contributed by atoms with Gasteiger partial charge in [-0.25, -0.2) is 8.42 Å². The number of nitrogens with one attached hydrogen (secondary N) is 1. The second kappa shape index (κ2) is 4.73. The largest absolute Gasteiger partial charge is 0.369 e. The first-order valence-corrected chi connectivity index (χ1v) is 7.53. The number of sulfone groups is 1. The second-order valence-corrected chi connectivity index (χ2v) is 6.23. The summed E-state index contributed by atoms with van der Waals surface area (Å²) in [4.78, 5) is 4.13. The first-order chi connectivity index (χ1) is 9.56. The topological polar surface area (TPSA) is 79.3 Å². The second-order valence-electron chi connectivity index (χ2n) is 4.43. The van der Waals surface area contributed by atoms with Gasteiger partial charge in [0.05, 0.1) is 4.90 Å². The zero-order chi connectivity index (χ0) is 14.2. The predicted octanol–water partition coefficient (Wildman–Crippen LogP) is 1.94. The number of pyridine rings is 1. The van der Waals surface area contributed by atoms with Crippen LogP contribution in [0.15, 0.2) is 53.0 Å². The Hall–Kier alpha value is -2.18. The smallest absolute Gasteiger partial charge is 0.200 e. The van der Waals surface area contributed by atoms with E-state index < -0.39 is 16.1 Å². The molecule has 0 radical (unpaired) electrons. The molecule has 1 aromatic carbocycles. The number of nitrogens with zero attached hydrogens (tertiary/aromatic N) is 1. The first kappa shape index (κ1) is 12.8. The van der Waals surface area contributed by atoms with Crippen LogP contribution in [0.3, 0.4) is 0 Å². The summed E-state index contributed by atoms with van der Waals surface area (Å²) in [5, 5.41) is 14.1. The molecule has 0 aliphatic carbocycles. The number of hydrogen-bond donors (Lipinski definition) is 2. The molecule has 20 heavy (non-hydrogen) atoms. The van der Waals surface area contributed by atoms with Gasteiger partial charge in [-0.3, -0.25) is 4.98 Å². The van der Waals surface area contributed by atoms with E-state index in [-0.39, 0.29) is 4.90 Å². The molecule has 0 spiro atoms. The summed E-state index contributed by atoms with van der Waals surface area (Å²) >= 11 is 0. The van der Waals surface area contributed by atoms with E-state index in [1.807, 2.05) is 0 Å². The highest BCUT2D eigenvalue weighted by Gasteiger charge is 2.21. The Morgan fingerprint density at radius 1 is 1.15 bits per heavy atom. The molecule has 2 aromatic rings. The van der Waals surface area contributed by atoms with Crippen molar-refractivity contribution in [2.24, 2.45) is 0 Å². The van der Waals surface area contributed by atoms with Gasteiger partial charge in [0.15, 0.2) is 6.23 Å². The summed E-state index contributed by atoms with van der Waals surface area (Å²) < 4.78 is 23.6. The number of anilines is 1. The highest BCUT2D eigenvalue weighted by molar-refractivity contribution is 7.94. The maximum atomic E-state index is 11.8. The Kier molecular flexibility index (Phi) is 3.04. The SMILES string of the molecule is O=S1(=O)C=Cc2ccc(NC(O)c3ccncc3)cc21. The van der Waals surface area contributed by atoms with Crippen molar-refractivity contribution < 1.29 is 13.5 Å². The lowest BCUT2D eigenvalue weighted by atomic mass is 10.2. The monoisotopic (exact) mass is 288 g/mol. The number of aliphatic hydroxyl groups excluding tert-OH is 1. The van der Waals surface area contributed by atoms with E-state index in [1.165, 1.54) is 11.5 Å². The van der Waals surface area contributed by atoms with Crippen LogP contribution in [0, 0.1) is 0 Å². The van der Waals surface area contributed by atoms with Gasteiger partial charge in [-0.05, 0) is 35.9 Å². The Balaban J connectivity index is 1.87. The van der Waals surface area contributed by atoms with Crippen molar-refractivity contribution in [3.63, 3.8) is 0 Å². The summed E-state index contributed by atoms with van der Waals surface area (Å²) in [6.07, 6.45) is 3.80. The van der Waals surface area contributed by atoms with Gasteiger partial charge in [0, 0.05) is 29.1 Å². The molecule has 1 atom stereocenters. The van der Waals surface area contributed by atoms with E-state index in [4.69, 9.17) is 0 Å². The fraction of sp³-hybridized carbons (Fsp3) is 0.0714. The normalized spacial score (nSPS) is 16.6. The molecule has 1 aromatic heterocycles. The van der Waals surface area contributed by atoms with Gasteiger partial charge < -0.3 is 10.4 Å². The minimum atomic E-state index is -3.34. The van der Waals surface area contributed by atoms with Crippen LogP contribution < -0.4 is 5.32 Å². The van der Waals surface area contributed by atoms with Crippen LogP contribution in [-0.2, 0) is 9.84 Å². The van der Waals surface area contributed by atoms with Crippen molar-refractivity contribution in [1.29, 1.82) is 0 Å². The molecule has 3 rings (SSSR count). The third-order valence-electron chi connectivity index (χ3n) is 3.07. The van der Waals surface area contributed by atoms with E-state index in [9.17, 15) is 13.5 Å². The fourth-order valence-corrected chi connectivity index (χ4v) is 3.26. The molecule has 0 bridgehead atoms. The Labute approximate surface area is 116 Å². The highest BCUT2D eigenvalue weighted by Crippen LogP contribution is 2.30. The maximum absolute atomic E-state index is 11.8. The Bertz CT molecular complexity index is 770. The third kappa shape index (κ3) is 2.31. The number of aromatic nitrogens is 1. The third-order valence-corrected chi connectivity index (χ3v) is 4.53. The first-order valence-electron chi connectivity index (χ1n) is 5.98. The van der Waals surface area contributed by atoms with Crippen LogP contribution in [0.25, 0.3) is 6.08 Å². The van der Waals surface area contributed by atoms with Crippen molar-refractivity contribution in [3.05, 3.63) is 59.3 Å². The van der Waals surface area contributed by atoms with E-state index in [2.05, 4.69) is 10.3 Å². The summed E-state index contributed by atoms with van der Waals surface area (Å²) in [6, 6.07) is 8.33. The minimum absolute atomic E-state index is 0.254. The van der Waals surface area contributed by atoms with Crippen LogP contribution in [0.2, 0.25) is 0 Å². The molecule has 0 fully saturated rings. The van der Waals surface area contributed by atoms with Gasteiger partial charge in [-0.1, -0.05) is 6.07 Å². The average molecular weight is 288 g/mol. The van der Waals surface area contributed by atoms with Gasteiger partial charge in [-0.15, -0.1) is 0 Å². The molecule has 1 aliphatic rings. The lowest BCUT2D eigenvalue weighted by Gasteiger charge is -2.15. The summed E-state index contributed by atoms with van der Waals surface area (Å²) in [6.45, 7) is 0. The molecule has 2 N–H and O–H groups in total. The van der Waals surface area contributed by atoms with Crippen molar-refractivity contribution in [2.45, 2.75) is 11.1 Å². The zero-order valence-electron chi connectivity index (χ0n) is 10.4. The quantitative estimate of drug-likeness (QED) is 0.844. The highest BCUT2D eigenvalue weighted by atomic mass is 32.2. The molecule has 1 unspecified atom stereocenters. The molecular weight excluding hydrogens is 276 g/mol. The van der Waals surface area contributed by atoms with Crippen molar-refractivity contribution in [2.75, 3.05) is 5.32 Å².